The first-order chi connectivity index (χ1) is 8.54. The zero-order valence-electron chi connectivity index (χ0n) is 11.5. The van der Waals surface area contributed by atoms with Gasteiger partial charge in [0.05, 0.1) is 6.10 Å². The maximum absolute atomic E-state index is 9.77. The summed E-state index contributed by atoms with van der Waals surface area (Å²) < 4.78 is 1.87. The quantitative estimate of drug-likeness (QED) is 0.644. The van der Waals surface area contributed by atoms with Crippen LogP contribution < -0.4 is 16.0 Å². The van der Waals surface area contributed by atoms with Crippen LogP contribution in [0.2, 0.25) is 0 Å². The van der Waals surface area contributed by atoms with Gasteiger partial charge < -0.3 is 16.6 Å². The molecular weight excluding hydrogens is 226 g/mol. The van der Waals surface area contributed by atoms with Crippen LogP contribution in [0.1, 0.15) is 44.6 Å². The molecule has 0 saturated heterocycles. The molecule has 0 spiro atoms. The van der Waals surface area contributed by atoms with Gasteiger partial charge in [-0.25, -0.2) is 4.57 Å². The number of pyridine rings is 1. The fraction of sp³-hybridized carbons (Fsp3) is 0.643. The van der Waals surface area contributed by atoms with E-state index in [0.29, 0.717) is 0 Å². The highest BCUT2D eigenvalue weighted by atomic mass is 16.3. The molecular formula is C14H26N3O+. The van der Waals surface area contributed by atoms with E-state index < -0.39 is 0 Å². The Balaban J connectivity index is 2.44. The summed E-state index contributed by atoms with van der Waals surface area (Å²) in [7, 11) is 1.91. The van der Waals surface area contributed by atoms with Gasteiger partial charge in [0.25, 0.3) is 0 Å². The van der Waals surface area contributed by atoms with Crippen LogP contribution >= 0.6 is 0 Å². The Morgan fingerprint density at radius 2 is 1.72 bits per heavy atom. The highest BCUT2D eigenvalue weighted by molar-refractivity contribution is 5.57. The average molecular weight is 252 g/mol. The molecule has 0 amide bonds. The number of unbranched alkanes of at least 4 members (excludes halogenated alkanes) is 1. The van der Waals surface area contributed by atoms with E-state index in [2.05, 4.69) is 6.92 Å². The van der Waals surface area contributed by atoms with E-state index in [9.17, 15) is 5.11 Å². The molecule has 4 heteroatoms. The zero-order valence-corrected chi connectivity index (χ0v) is 11.5. The lowest BCUT2D eigenvalue weighted by Gasteiger charge is -2.11. The second kappa shape index (κ2) is 7.21. The molecule has 0 fully saturated rings. The number of aromatic nitrogens is 1. The van der Waals surface area contributed by atoms with Gasteiger partial charge in [-0.2, -0.15) is 0 Å². The number of aliphatic hydroxyl groups excluding tert-OH is 1. The largest absolute Gasteiger partial charge is 0.394 e. The minimum atomic E-state index is -0.188. The first-order valence-electron chi connectivity index (χ1n) is 6.75. The predicted octanol–water partition coefficient (Wildman–Crippen LogP) is 1.55. The highest BCUT2D eigenvalue weighted by Gasteiger charge is 2.11. The summed E-state index contributed by atoms with van der Waals surface area (Å²) in [6.07, 6.45) is 9.25. The van der Waals surface area contributed by atoms with Crippen molar-refractivity contribution in [2.45, 2.75) is 51.6 Å². The third-order valence-corrected chi connectivity index (χ3v) is 3.24. The van der Waals surface area contributed by atoms with Gasteiger partial charge in [0.15, 0.2) is 12.4 Å². The van der Waals surface area contributed by atoms with Gasteiger partial charge in [-0.15, -0.1) is 0 Å². The molecule has 1 aromatic rings. The predicted molar refractivity (Wildman–Crippen MR) is 74.9 cm³/mol. The number of aryl methyl sites for hydroxylation is 1. The molecule has 1 atom stereocenters. The van der Waals surface area contributed by atoms with Gasteiger partial charge in [-0.3, -0.25) is 0 Å². The number of nitrogen functional groups attached to an aromatic ring is 2. The van der Waals surface area contributed by atoms with Gasteiger partial charge in [-0.05, 0) is 25.7 Å². The van der Waals surface area contributed by atoms with Crippen molar-refractivity contribution in [2.75, 3.05) is 11.5 Å². The van der Waals surface area contributed by atoms with E-state index in [1.165, 1.54) is 0 Å². The molecule has 0 bridgehead atoms. The Morgan fingerprint density at radius 1 is 1.17 bits per heavy atom. The molecule has 1 unspecified atom stereocenters. The molecule has 0 aliphatic rings. The summed E-state index contributed by atoms with van der Waals surface area (Å²) in [5, 5.41) is 9.77. The SMILES string of the molecule is CCCCC(O)CCCc1c(N)c[n+](C)cc1N. The van der Waals surface area contributed by atoms with Crippen molar-refractivity contribution >= 4 is 11.4 Å². The molecule has 5 N–H and O–H groups in total. The van der Waals surface area contributed by atoms with Gasteiger partial charge in [0, 0.05) is 5.56 Å². The molecule has 1 aromatic heterocycles. The number of nitrogens with two attached hydrogens (primary N) is 2. The standard InChI is InChI=1S/C14H26N3O/c1-3-4-6-11(18)7-5-8-12-13(15)9-17(2)10-14(12)16/h9-11,18H,3-8,15-16H2,1-2H3/q+1. The first-order valence-corrected chi connectivity index (χ1v) is 6.75. The van der Waals surface area contributed by atoms with Crippen molar-refractivity contribution in [1.82, 2.24) is 0 Å². The maximum atomic E-state index is 9.77. The topological polar surface area (TPSA) is 76.2 Å². The van der Waals surface area contributed by atoms with Crippen LogP contribution in [0.15, 0.2) is 12.4 Å². The van der Waals surface area contributed by atoms with E-state index in [1.807, 2.05) is 24.0 Å². The molecule has 102 valence electrons. The van der Waals surface area contributed by atoms with Crippen molar-refractivity contribution < 1.29 is 9.67 Å². The van der Waals surface area contributed by atoms with Crippen LogP contribution in [-0.2, 0) is 13.5 Å². The summed E-state index contributed by atoms with van der Waals surface area (Å²) >= 11 is 0. The Bertz CT molecular complexity index is 356. The van der Waals surface area contributed by atoms with Crippen LogP contribution in [-0.4, -0.2) is 11.2 Å². The van der Waals surface area contributed by atoms with E-state index in [0.717, 1.165) is 55.5 Å². The molecule has 0 aliphatic carbocycles. The van der Waals surface area contributed by atoms with Crippen LogP contribution in [0, 0.1) is 0 Å². The lowest BCUT2D eigenvalue weighted by Crippen LogP contribution is -2.29. The minimum absolute atomic E-state index is 0.188. The van der Waals surface area contributed by atoms with Crippen LogP contribution in [0.5, 0.6) is 0 Å². The molecule has 0 radical (unpaired) electrons. The number of nitrogens with zero attached hydrogens (tertiary/aromatic N) is 1. The minimum Gasteiger partial charge on any atom is -0.394 e. The summed E-state index contributed by atoms with van der Waals surface area (Å²) in [6.45, 7) is 2.14. The summed E-state index contributed by atoms with van der Waals surface area (Å²) in [4.78, 5) is 0. The van der Waals surface area contributed by atoms with Crippen LogP contribution in [0.4, 0.5) is 11.4 Å². The first kappa shape index (κ1) is 14.8. The lowest BCUT2D eigenvalue weighted by molar-refractivity contribution is -0.670. The van der Waals surface area contributed by atoms with E-state index in [1.54, 1.807) is 0 Å². The number of hydrogen-bond acceptors (Lipinski definition) is 3. The van der Waals surface area contributed by atoms with Crippen molar-refractivity contribution in [3.8, 4) is 0 Å². The second-order valence-corrected chi connectivity index (χ2v) is 5.00. The lowest BCUT2D eigenvalue weighted by atomic mass is 10.0. The molecule has 1 rings (SSSR count). The molecule has 0 saturated carbocycles. The van der Waals surface area contributed by atoms with Gasteiger partial charge in [-0.1, -0.05) is 19.8 Å². The van der Waals surface area contributed by atoms with Gasteiger partial charge in [0.2, 0.25) is 0 Å². The van der Waals surface area contributed by atoms with E-state index >= 15 is 0 Å². The fourth-order valence-corrected chi connectivity index (χ4v) is 2.19. The number of hydrogen-bond donors (Lipinski definition) is 3. The van der Waals surface area contributed by atoms with Crippen molar-refractivity contribution in [2.24, 2.45) is 7.05 Å². The monoisotopic (exact) mass is 252 g/mol. The third-order valence-electron chi connectivity index (χ3n) is 3.24. The van der Waals surface area contributed by atoms with Crippen LogP contribution in [0.3, 0.4) is 0 Å². The zero-order chi connectivity index (χ0) is 13.5. The summed E-state index contributed by atoms with van der Waals surface area (Å²) in [5.74, 6) is 0. The molecule has 4 nitrogen and oxygen atoms in total. The van der Waals surface area contributed by atoms with Crippen molar-refractivity contribution in [1.29, 1.82) is 0 Å². The van der Waals surface area contributed by atoms with E-state index in [4.69, 9.17) is 11.5 Å². The molecule has 0 aromatic carbocycles. The molecule has 1 heterocycles. The summed E-state index contributed by atoms with van der Waals surface area (Å²) in [6, 6.07) is 0. The second-order valence-electron chi connectivity index (χ2n) is 5.00. The number of anilines is 2. The average Bonchev–Trinajstić information content (AvgIpc) is 2.29. The van der Waals surface area contributed by atoms with Crippen molar-refractivity contribution in [3.05, 3.63) is 18.0 Å². The Morgan fingerprint density at radius 3 is 2.28 bits per heavy atom. The Kier molecular flexibility index (Phi) is 5.92. The smallest absolute Gasteiger partial charge is 0.192 e. The highest BCUT2D eigenvalue weighted by Crippen LogP contribution is 2.20. The third kappa shape index (κ3) is 4.53. The van der Waals surface area contributed by atoms with Gasteiger partial charge >= 0.3 is 0 Å². The van der Waals surface area contributed by atoms with Crippen molar-refractivity contribution in [3.63, 3.8) is 0 Å². The normalized spacial score (nSPS) is 12.6. The molecule has 0 aliphatic heterocycles. The summed E-state index contributed by atoms with van der Waals surface area (Å²) in [5.41, 5.74) is 14.4. The number of aliphatic hydroxyl groups is 1. The Hall–Kier alpha value is -1.29. The van der Waals surface area contributed by atoms with Gasteiger partial charge in [0.1, 0.15) is 18.4 Å². The Labute approximate surface area is 110 Å². The maximum Gasteiger partial charge on any atom is 0.192 e. The fourth-order valence-electron chi connectivity index (χ4n) is 2.19. The van der Waals surface area contributed by atoms with E-state index in [-0.39, 0.29) is 6.10 Å². The molecule has 18 heavy (non-hydrogen) atoms. The van der Waals surface area contributed by atoms with Crippen LogP contribution in [0.25, 0.3) is 0 Å². The number of rotatable bonds is 7.